The summed E-state index contributed by atoms with van der Waals surface area (Å²) in [4.78, 5) is 19.4. The Morgan fingerprint density at radius 3 is 1.36 bits per heavy atom. The molecule has 206 valence electrons. The zero-order valence-corrected chi connectivity index (χ0v) is 23.8. The molecule has 8 rings (SSSR count). The van der Waals surface area contributed by atoms with Gasteiger partial charge < -0.3 is 0 Å². The van der Waals surface area contributed by atoms with E-state index in [1.165, 1.54) is 11.1 Å². The second kappa shape index (κ2) is 11.0. The van der Waals surface area contributed by atoms with Crippen LogP contribution >= 0.6 is 0 Å². The second-order valence-electron chi connectivity index (χ2n) is 10.7. The van der Waals surface area contributed by atoms with Gasteiger partial charge in [0.15, 0.2) is 17.5 Å². The van der Waals surface area contributed by atoms with Crippen molar-refractivity contribution in [1.29, 1.82) is 0 Å². The van der Waals surface area contributed by atoms with Crippen LogP contribution in [0, 0.1) is 0 Å². The van der Waals surface area contributed by atoms with Crippen molar-refractivity contribution < 1.29 is 0 Å². The van der Waals surface area contributed by atoms with Crippen LogP contribution in [-0.4, -0.2) is 19.9 Å². The minimum atomic E-state index is 0.653. The monoisotopic (exact) mass is 562 g/mol. The first-order valence-electron chi connectivity index (χ1n) is 14.7. The number of hydrogen-bond donors (Lipinski definition) is 0. The van der Waals surface area contributed by atoms with Crippen LogP contribution in [0.2, 0.25) is 0 Å². The summed E-state index contributed by atoms with van der Waals surface area (Å²) < 4.78 is 0. The normalized spacial score (nSPS) is 11.2. The lowest BCUT2D eigenvalue weighted by Crippen LogP contribution is -2.00. The lowest BCUT2D eigenvalue weighted by atomic mass is 9.93. The number of rotatable bonds is 5. The number of hydrogen-bond acceptors (Lipinski definition) is 4. The Labute approximate surface area is 255 Å². The Morgan fingerprint density at radius 1 is 0.295 bits per heavy atom. The molecule has 6 aromatic carbocycles. The van der Waals surface area contributed by atoms with Gasteiger partial charge in [-0.3, -0.25) is 4.98 Å². The third-order valence-electron chi connectivity index (χ3n) is 8.02. The van der Waals surface area contributed by atoms with Crippen LogP contribution in [0.5, 0.6) is 0 Å². The summed E-state index contributed by atoms with van der Waals surface area (Å²) >= 11 is 0. The van der Waals surface area contributed by atoms with Gasteiger partial charge in [0.1, 0.15) is 0 Å². The zero-order chi connectivity index (χ0) is 29.3. The van der Waals surface area contributed by atoms with Crippen LogP contribution < -0.4 is 0 Å². The van der Waals surface area contributed by atoms with Gasteiger partial charge in [-0.25, -0.2) is 15.0 Å². The fourth-order valence-corrected chi connectivity index (χ4v) is 5.85. The fraction of sp³-hybridized carbons (Fsp3) is 0. The van der Waals surface area contributed by atoms with Crippen molar-refractivity contribution in [3.8, 4) is 56.4 Å². The Hall–Kier alpha value is -6.00. The van der Waals surface area contributed by atoms with Crippen molar-refractivity contribution >= 4 is 21.7 Å². The van der Waals surface area contributed by atoms with Crippen LogP contribution in [0.15, 0.2) is 158 Å². The van der Waals surface area contributed by atoms with Crippen LogP contribution in [-0.2, 0) is 0 Å². The summed E-state index contributed by atoms with van der Waals surface area (Å²) in [5.74, 6) is 1.96. The Kier molecular flexibility index (Phi) is 6.43. The van der Waals surface area contributed by atoms with E-state index >= 15 is 0 Å². The molecule has 0 fully saturated rings. The molecule has 0 aliphatic rings. The maximum atomic E-state index is 4.99. The molecule has 0 unspecified atom stereocenters. The van der Waals surface area contributed by atoms with Gasteiger partial charge in [-0.2, -0.15) is 0 Å². The number of nitrogens with zero attached hydrogens (tertiary/aromatic N) is 4. The smallest absolute Gasteiger partial charge is 0.164 e. The van der Waals surface area contributed by atoms with E-state index in [1.807, 2.05) is 72.9 Å². The molecular weight excluding hydrogens is 536 g/mol. The molecule has 2 heterocycles. The molecule has 0 atom stereocenters. The van der Waals surface area contributed by atoms with Crippen molar-refractivity contribution in [2.45, 2.75) is 0 Å². The van der Waals surface area contributed by atoms with E-state index in [9.17, 15) is 0 Å². The van der Waals surface area contributed by atoms with E-state index in [4.69, 9.17) is 15.0 Å². The predicted molar refractivity (Wildman–Crippen MR) is 180 cm³/mol. The molecule has 0 saturated carbocycles. The first-order valence-corrected chi connectivity index (χ1v) is 14.7. The highest BCUT2D eigenvalue weighted by molar-refractivity contribution is 6.04. The summed E-state index contributed by atoms with van der Waals surface area (Å²) in [5.41, 5.74) is 8.55. The maximum Gasteiger partial charge on any atom is 0.164 e. The standard InChI is InChI=1S/C40H26N4/c1-3-11-29(12-4-1)38-42-39(30-13-5-2-6-14-30)44-40(43-38)36-24-23-31(33-15-7-8-16-34(33)36)27-19-21-28(22-20-27)32-25-26-41-37-18-10-9-17-35(32)37/h1-26H. The largest absolute Gasteiger partial charge is 0.256 e. The number of para-hydroxylation sites is 1. The maximum absolute atomic E-state index is 4.99. The summed E-state index contributed by atoms with van der Waals surface area (Å²) in [7, 11) is 0. The van der Waals surface area contributed by atoms with Gasteiger partial charge in [-0.1, -0.05) is 133 Å². The van der Waals surface area contributed by atoms with Crippen LogP contribution in [0.4, 0.5) is 0 Å². The van der Waals surface area contributed by atoms with Crippen LogP contribution in [0.3, 0.4) is 0 Å². The first-order chi connectivity index (χ1) is 21.8. The second-order valence-corrected chi connectivity index (χ2v) is 10.7. The summed E-state index contributed by atoms with van der Waals surface area (Å²) in [6.45, 7) is 0. The highest BCUT2D eigenvalue weighted by Gasteiger charge is 2.16. The molecular formula is C40H26N4. The van der Waals surface area contributed by atoms with E-state index in [2.05, 4.69) is 89.9 Å². The molecule has 44 heavy (non-hydrogen) atoms. The molecule has 0 aliphatic carbocycles. The summed E-state index contributed by atoms with van der Waals surface area (Å²) in [5, 5.41) is 3.40. The van der Waals surface area contributed by atoms with Crippen molar-refractivity contribution in [3.05, 3.63) is 158 Å². The van der Waals surface area contributed by atoms with Gasteiger partial charge in [-0.05, 0) is 51.2 Å². The van der Waals surface area contributed by atoms with E-state index in [0.29, 0.717) is 17.5 Å². The summed E-state index contributed by atoms with van der Waals surface area (Å²) in [6, 6.07) is 52.2. The molecule has 0 bridgehead atoms. The summed E-state index contributed by atoms with van der Waals surface area (Å²) in [6.07, 6.45) is 1.88. The highest BCUT2D eigenvalue weighted by Crippen LogP contribution is 2.37. The van der Waals surface area contributed by atoms with E-state index in [0.717, 1.165) is 49.5 Å². The Bertz CT molecular complexity index is 2200. The van der Waals surface area contributed by atoms with E-state index in [1.54, 1.807) is 0 Å². The van der Waals surface area contributed by atoms with Gasteiger partial charge in [-0.15, -0.1) is 0 Å². The average molecular weight is 563 g/mol. The molecule has 0 spiro atoms. The van der Waals surface area contributed by atoms with Crippen molar-refractivity contribution in [2.75, 3.05) is 0 Å². The predicted octanol–water partition coefficient (Wildman–Crippen LogP) is 9.91. The van der Waals surface area contributed by atoms with Crippen molar-refractivity contribution in [3.63, 3.8) is 0 Å². The molecule has 8 aromatic rings. The molecule has 2 aromatic heterocycles. The topological polar surface area (TPSA) is 51.6 Å². The molecule has 0 aliphatic heterocycles. The van der Waals surface area contributed by atoms with Crippen LogP contribution in [0.1, 0.15) is 0 Å². The third-order valence-corrected chi connectivity index (χ3v) is 8.02. The lowest BCUT2D eigenvalue weighted by Gasteiger charge is -2.13. The number of pyridine rings is 1. The van der Waals surface area contributed by atoms with Gasteiger partial charge in [0.05, 0.1) is 5.52 Å². The van der Waals surface area contributed by atoms with Crippen molar-refractivity contribution in [1.82, 2.24) is 19.9 Å². The van der Waals surface area contributed by atoms with E-state index < -0.39 is 0 Å². The highest BCUT2D eigenvalue weighted by atomic mass is 15.0. The van der Waals surface area contributed by atoms with E-state index in [-0.39, 0.29) is 0 Å². The molecule has 0 saturated heterocycles. The van der Waals surface area contributed by atoms with Gasteiger partial charge in [0, 0.05) is 28.3 Å². The van der Waals surface area contributed by atoms with Gasteiger partial charge in [0.2, 0.25) is 0 Å². The van der Waals surface area contributed by atoms with Crippen molar-refractivity contribution in [2.24, 2.45) is 0 Å². The zero-order valence-electron chi connectivity index (χ0n) is 23.8. The third kappa shape index (κ3) is 4.69. The lowest BCUT2D eigenvalue weighted by molar-refractivity contribution is 1.08. The molecule has 4 nitrogen and oxygen atoms in total. The SMILES string of the molecule is c1ccc(-c2nc(-c3ccccc3)nc(-c3ccc(-c4ccc(-c5ccnc6ccccc56)cc4)c4ccccc34)n2)cc1. The van der Waals surface area contributed by atoms with Gasteiger partial charge in [0.25, 0.3) is 0 Å². The first kappa shape index (κ1) is 25.7. The number of aromatic nitrogens is 4. The molecule has 0 radical (unpaired) electrons. The molecule has 4 heteroatoms. The molecule has 0 N–H and O–H groups in total. The minimum absolute atomic E-state index is 0.653. The Balaban J connectivity index is 1.25. The Morgan fingerprint density at radius 2 is 0.750 bits per heavy atom. The quantitative estimate of drug-likeness (QED) is 0.209. The van der Waals surface area contributed by atoms with Gasteiger partial charge >= 0.3 is 0 Å². The molecule has 0 amide bonds. The number of fused-ring (bicyclic) bond motifs is 2. The fourth-order valence-electron chi connectivity index (χ4n) is 5.85. The number of benzene rings is 6. The average Bonchev–Trinajstić information content (AvgIpc) is 3.11. The minimum Gasteiger partial charge on any atom is -0.256 e. The van der Waals surface area contributed by atoms with Crippen LogP contribution in [0.25, 0.3) is 78.1 Å².